The van der Waals surface area contributed by atoms with Crippen molar-refractivity contribution in [2.75, 3.05) is 39.3 Å². The van der Waals surface area contributed by atoms with Crippen LogP contribution in [-0.2, 0) is 17.8 Å². The molecule has 1 aliphatic rings. The van der Waals surface area contributed by atoms with Crippen molar-refractivity contribution in [3.63, 3.8) is 0 Å². The number of rotatable bonds is 8. The molecule has 2 aromatic rings. The molecule has 1 aromatic heterocycles. The van der Waals surface area contributed by atoms with Gasteiger partial charge in [0.25, 0.3) is 0 Å². The van der Waals surface area contributed by atoms with Gasteiger partial charge in [0.1, 0.15) is 5.75 Å². The molecular weight excluding hydrogens is 328 g/mol. The van der Waals surface area contributed by atoms with Crippen LogP contribution in [0.15, 0.2) is 36.7 Å². The Balaban J connectivity index is 1.69. The Bertz CT molecular complexity index is 667. The fourth-order valence-corrected chi connectivity index (χ4v) is 3.17. The van der Waals surface area contributed by atoms with Crippen LogP contribution in [0.4, 0.5) is 5.95 Å². The lowest BCUT2D eigenvalue weighted by atomic mass is 10.1. The van der Waals surface area contributed by atoms with E-state index in [1.54, 1.807) is 7.11 Å². The first kappa shape index (κ1) is 18.6. The molecule has 3 rings (SSSR count). The molecule has 1 fully saturated rings. The molecule has 140 valence electrons. The monoisotopic (exact) mass is 356 g/mol. The Hall–Kier alpha value is -2.18. The standard InChI is InChI=1S/C20H28N4O2/c1-23(2)20-21-11-17(12-22-20)14-24(15-19-5-4-10-26-19)13-16-6-8-18(25-3)9-7-16/h6-9,11-12,19H,4-5,10,13-15H2,1-3H3. The Morgan fingerprint density at radius 1 is 1.08 bits per heavy atom. The number of hydrogen-bond donors (Lipinski definition) is 0. The largest absolute Gasteiger partial charge is 0.497 e. The highest BCUT2D eigenvalue weighted by Gasteiger charge is 2.20. The number of ether oxygens (including phenoxy) is 2. The predicted octanol–water partition coefficient (Wildman–Crippen LogP) is 2.73. The van der Waals surface area contributed by atoms with E-state index in [1.807, 2.05) is 43.5 Å². The zero-order valence-electron chi connectivity index (χ0n) is 15.9. The van der Waals surface area contributed by atoms with Gasteiger partial charge in [0.05, 0.1) is 13.2 Å². The summed E-state index contributed by atoms with van der Waals surface area (Å²) in [5.74, 6) is 1.61. The van der Waals surface area contributed by atoms with E-state index in [4.69, 9.17) is 9.47 Å². The number of benzene rings is 1. The third kappa shape index (κ3) is 5.16. The highest BCUT2D eigenvalue weighted by Crippen LogP contribution is 2.18. The van der Waals surface area contributed by atoms with E-state index in [9.17, 15) is 0 Å². The van der Waals surface area contributed by atoms with Crippen molar-refractivity contribution in [3.05, 3.63) is 47.8 Å². The molecule has 6 nitrogen and oxygen atoms in total. The van der Waals surface area contributed by atoms with Crippen LogP contribution in [0, 0.1) is 0 Å². The Morgan fingerprint density at radius 2 is 1.77 bits per heavy atom. The second-order valence-electron chi connectivity index (χ2n) is 6.94. The molecule has 0 N–H and O–H groups in total. The second-order valence-corrected chi connectivity index (χ2v) is 6.94. The summed E-state index contributed by atoms with van der Waals surface area (Å²) >= 11 is 0. The van der Waals surface area contributed by atoms with Gasteiger partial charge in [0, 0.05) is 58.3 Å². The van der Waals surface area contributed by atoms with Gasteiger partial charge in [0.2, 0.25) is 5.95 Å². The van der Waals surface area contributed by atoms with Crippen LogP contribution in [0.3, 0.4) is 0 Å². The number of hydrogen-bond acceptors (Lipinski definition) is 6. The maximum absolute atomic E-state index is 5.85. The molecular formula is C20H28N4O2. The molecule has 1 atom stereocenters. The fourth-order valence-electron chi connectivity index (χ4n) is 3.17. The third-order valence-electron chi connectivity index (χ3n) is 4.55. The summed E-state index contributed by atoms with van der Waals surface area (Å²) in [6.07, 6.45) is 6.43. The molecule has 0 amide bonds. The topological polar surface area (TPSA) is 50.7 Å². The minimum absolute atomic E-state index is 0.315. The summed E-state index contributed by atoms with van der Waals surface area (Å²) in [6.45, 7) is 3.46. The summed E-state index contributed by atoms with van der Waals surface area (Å²) in [5, 5.41) is 0. The Labute approximate surface area is 155 Å². The minimum atomic E-state index is 0.315. The number of methoxy groups -OCH3 is 1. The molecule has 26 heavy (non-hydrogen) atoms. The molecule has 0 saturated carbocycles. The molecule has 1 aromatic carbocycles. The van der Waals surface area contributed by atoms with Crippen LogP contribution in [-0.4, -0.2) is 55.3 Å². The molecule has 0 radical (unpaired) electrons. The predicted molar refractivity (Wildman–Crippen MR) is 102 cm³/mol. The van der Waals surface area contributed by atoms with Gasteiger partial charge in [-0.3, -0.25) is 4.90 Å². The summed E-state index contributed by atoms with van der Waals surface area (Å²) in [4.78, 5) is 13.2. The number of nitrogens with zero attached hydrogens (tertiary/aromatic N) is 4. The lowest BCUT2D eigenvalue weighted by molar-refractivity contribution is 0.0678. The molecule has 1 unspecified atom stereocenters. The van der Waals surface area contributed by atoms with Crippen LogP contribution < -0.4 is 9.64 Å². The average molecular weight is 356 g/mol. The van der Waals surface area contributed by atoms with Crippen LogP contribution in [0.25, 0.3) is 0 Å². The molecule has 0 aliphatic carbocycles. The minimum Gasteiger partial charge on any atom is -0.497 e. The summed E-state index contributed by atoms with van der Waals surface area (Å²) < 4.78 is 11.1. The molecule has 2 heterocycles. The number of aromatic nitrogens is 2. The SMILES string of the molecule is COc1ccc(CN(Cc2cnc(N(C)C)nc2)CC2CCCO2)cc1. The van der Waals surface area contributed by atoms with E-state index in [-0.39, 0.29) is 0 Å². The first-order valence-corrected chi connectivity index (χ1v) is 9.09. The second kappa shape index (κ2) is 8.96. The van der Waals surface area contributed by atoms with Gasteiger partial charge in [-0.15, -0.1) is 0 Å². The smallest absolute Gasteiger partial charge is 0.224 e. The summed E-state index contributed by atoms with van der Waals surface area (Å²) in [5.41, 5.74) is 2.37. The maximum atomic E-state index is 5.85. The van der Waals surface area contributed by atoms with Gasteiger partial charge in [-0.2, -0.15) is 0 Å². The fraction of sp³-hybridized carbons (Fsp3) is 0.500. The average Bonchev–Trinajstić information content (AvgIpc) is 3.16. The van der Waals surface area contributed by atoms with Gasteiger partial charge < -0.3 is 14.4 Å². The van der Waals surface area contributed by atoms with Crippen LogP contribution >= 0.6 is 0 Å². The Kier molecular flexibility index (Phi) is 6.41. The van der Waals surface area contributed by atoms with Crippen molar-refractivity contribution in [1.29, 1.82) is 0 Å². The van der Waals surface area contributed by atoms with Gasteiger partial charge in [-0.25, -0.2) is 9.97 Å². The van der Waals surface area contributed by atoms with E-state index in [0.717, 1.165) is 56.3 Å². The Morgan fingerprint density at radius 3 is 2.35 bits per heavy atom. The first-order valence-electron chi connectivity index (χ1n) is 9.09. The van der Waals surface area contributed by atoms with E-state index in [2.05, 4.69) is 27.0 Å². The van der Waals surface area contributed by atoms with E-state index in [1.165, 1.54) is 5.56 Å². The summed E-state index contributed by atoms with van der Waals surface area (Å²) in [7, 11) is 5.58. The normalized spacial score (nSPS) is 16.8. The molecule has 0 spiro atoms. The van der Waals surface area contributed by atoms with Crippen LogP contribution in [0.5, 0.6) is 5.75 Å². The summed E-state index contributed by atoms with van der Waals surface area (Å²) in [6, 6.07) is 8.25. The lowest BCUT2D eigenvalue weighted by Crippen LogP contribution is -2.31. The zero-order chi connectivity index (χ0) is 18.4. The quantitative estimate of drug-likeness (QED) is 0.725. The number of anilines is 1. The highest BCUT2D eigenvalue weighted by atomic mass is 16.5. The van der Waals surface area contributed by atoms with Crippen molar-refractivity contribution in [2.24, 2.45) is 0 Å². The first-order chi connectivity index (χ1) is 12.6. The van der Waals surface area contributed by atoms with Crippen molar-refractivity contribution in [2.45, 2.75) is 32.0 Å². The third-order valence-corrected chi connectivity index (χ3v) is 4.55. The van der Waals surface area contributed by atoms with Crippen LogP contribution in [0.1, 0.15) is 24.0 Å². The van der Waals surface area contributed by atoms with E-state index >= 15 is 0 Å². The zero-order valence-corrected chi connectivity index (χ0v) is 15.9. The van der Waals surface area contributed by atoms with Gasteiger partial charge in [-0.1, -0.05) is 12.1 Å². The molecule has 1 aliphatic heterocycles. The molecule has 6 heteroatoms. The molecule has 0 bridgehead atoms. The maximum Gasteiger partial charge on any atom is 0.224 e. The lowest BCUT2D eigenvalue weighted by Gasteiger charge is -2.25. The van der Waals surface area contributed by atoms with Gasteiger partial charge >= 0.3 is 0 Å². The van der Waals surface area contributed by atoms with Crippen molar-refractivity contribution in [1.82, 2.24) is 14.9 Å². The van der Waals surface area contributed by atoms with Crippen LogP contribution in [0.2, 0.25) is 0 Å². The van der Waals surface area contributed by atoms with E-state index < -0.39 is 0 Å². The molecule has 1 saturated heterocycles. The highest BCUT2D eigenvalue weighted by molar-refractivity contribution is 5.28. The van der Waals surface area contributed by atoms with Crippen molar-refractivity contribution >= 4 is 5.95 Å². The van der Waals surface area contributed by atoms with Crippen molar-refractivity contribution in [3.8, 4) is 5.75 Å². The van der Waals surface area contributed by atoms with E-state index in [0.29, 0.717) is 6.10 Å². The van der Waals surface area contributed by atoms with Gasteiger partial charge in [-0.05, 0) is 30.5 Å². The van der Waals surface area contributed by atoms with Crippen molar-refractivity contribution < 1.29 is 9.47 Å². The van der Waals surface area contributed by atoms with Gasteiger partial charge in [0.15, 0.2) is 0 Å².